The predicted molar refractivity (Wildman–Crippen MR) is 384 cm³/mol. The van der Waals surface area contributed by atoms with Gasteiger partial charge in [-0.2, -0.15) is 0 Å². The zero-order valence-corrected chi connectivity index (χ0v) is 57.8. The molecule has 0 atom stereocenters. The molecule has 0 amide bonds. The summed E-state index contributed by atoms with van der Waals surface area (Å²) in [6.07, 6.45) is 6.84. The van der Waals surface area contributed by atoms with Crippen molar-refractivity contribution in [2.45, 2.75) is 233 Å². The molecule has 2 aliphatic heterocycles. The van der Waals surface area contributed by atoms with Gasteiger partial charge < -0.3 is 19.1 Å². The average molecular weight is 1180 g/mol. The molecule has 8 aromatic carbocycles. The third-order valence-electron chi connectivity index (χ3n) is 22.9. The molecule has 89 heavy (non-hydrogen) atoms. The van der Waals surface area contributed by atoms with E-state index < -0.39 is 0 Å². The molecule has 4 nitrogen and oxygen atoms in total. The van der Waals surface area contributed by atoms with Gasteiger partial charge in [-0.15, -0.1) is 0 Å². The fourth-order valence-electron chi connectivity index (χ4n) is 16.6. The van der Waals surface area contributed by atoms with Crippen LogP contribution in [0.4, 0.5) is 51.2 Å². The van der Waals surface area contributed by atoms with Crippen LogP contribution >= 0.6 is 0 Å². The summed E-state index contributed by atoms with van der Waals surface area (Å²) in [5.41, 5.74) is 29.1. The number of rotatable bonds is 5. The maximum Gasteiger partial charge on any atom is 0.252 e. The van der Waals surface area contributed by atoms with Gasteiger partial charge in [0.2, 0.25) is 0 Å². The second-order valence-corrected chi connectivity index (χ2v) is 35.1. The third-order valence-corrected chi connectivity index (χ3v) is 22.9. The molecule has 9 aromatic rings. The molecule has 0 spiro atoms. The Morgan fingerprint density at radius 2 is 0.775 bits per heavy atom. The molecule has 3 aliphatic carbocycles. The number of benzene rings is 8. The van der Waals surface area contributed by atoms with Gasteiger partial charge in [-0.1, -0.05) is 212 Å². The van der Waals surface area contributed by atoms with E-state index in [1.165, 1.54) is 101 Å². The van der Waals surface area contributed by atoms with Crippen LogP contribution in [0.5, 0.6) is 0 Å². The molecule has 0 fully saturated rings. The highest BCUT2D eigenvalue weighted by Gasteiger charge is 2.50. The molecule has 5 heteroatoms. The molecule has 3 heterocycles. The summed E-state index contributed by atoms with van der Waals surface area (Å²) < 4.78 is 7.46. The second kappa shape index (κ2) is 19.3. The van der Waals surface area contributed by atoms with E-state index in [9.17, 15) is 0 Å². The normalized spacial score (nSPS) is 19.0. The summed E-state index contributed by atoms with van der Waals surface area (Å²) in [6, 6.07) is 56.4. The van der Waals surface area contributed by atoms with Crippen molar-refractivity contribution in [3.05, 3.63) is 190 Å². The lowest BCUT2D eigenvalue weighted by atomic mass is 9.32. The van der Waals surface area contributed by atoms with E-state index in [2.05, 4.69) is 300 Å². The molecule has 0 N–H and O–H groups in total. The number of hydrogen-bond donors (Lipinski definition) is 0. The zero-order chi connectivity index (χ0) is 63.5. The third kappa shape index (κ3) is 9.40. The van der Waals surface area contributed by atoms with Crippen LogP contribution in [0.3, 0.4) is 0 Å². The van der Waals surface area contributed by atoms with Gasteiger partial charge in [-0.25, -0.2) is 0 Å². The Morgan fingerprint density at radius 3 is 1.25 bits per heavy atom. The molecule has 5 aliphatic rings. The zero-order valence-electron chi connectivity index (χ0n) is 57.8. The van der Waals surface area contributed by atoms with Gasteiger partial charge in [0.15, 0.2) is 5.58 Å². The predicted octanol–water partition coefficient (Wildman–Crippen LogP) is 22.1. The monoisotopic (exact) mass is 1180 g/mol. The number of nitrogens with zero attached hydrogens (tertiary/aromatic N) is 3. The lowest BCUT2D eigenvalue weighted by Crippen LogP contribution is -2.62. The maximum absolute atomic E-state index is 7.46. The van der Waals surface area contributed by atoms with E-state index in [0.717, 1.165) is 76.8 Å². The van der Waals surface area contributed by atoms with Gasteiger partial charge in [0, 0.05) is 50.6 Å². The van der Waals surface area contributed by atoms with Crippen molar-refractivity contribution < 1.29 is 4.42 Å². The lowest BCUT2D eigenvalue weighted by Gasteiger charge is -2.49. The van der Waals surface area contributed by atoms with E-state index in [-0.39, 0.29) is 55.4 Å². The molecule has 0 saturated carbocycles. The molecule has 0 saturated heterocycles. The number of anilines is 9. The Hall–Kier alpha value is -6.98. The Bertz CT molecular complexity index is 4330. The van der Waals surface area contributed by atoms with Crippen LogP contribution in [0.1, 0.15) is 234 Å². The van der Waals surface area contributed by atoms with Crippen LogP contribution in [-0.2, 0) is 48.7 Å². The van der Waals surface area contributed by atoms with Crippen LogP contribution in [0, 0.1) is 0 Å². The Kier molecular flexibility index (Phi) is 12.9. The topological polar surface area (TPSA) is 22.9 Å². The van der Waals surface area contributed by atoms with Crippen molar-refractivity contribution in [3.63, 3.8) is 0 Å². The van der Waals surface area contributed by atoms with E-state index in [1.807, 2.05) is 0 Å². The van der Waals surface area contributed by atoms with Gasteiger partial charge in [-0.3, -0.25) is 0 Å². The molecule has 0 bridgehead atoms. The highest BCUT2D eigenvalue weighted by molar-refractivity contribution is 7.00. The molecular weight excluding hydrogens is 1080 g/mol. The van der Waals surface area contributed by atoms with Crippen molar-refractivity contribution in [2.75, 3.05) is 14.7 Å². The van der Waals surface area contributed by atoms with Crippen LogP contribution < -0.4 is 31.1 Å². The summed E-state index contributed by atoms with van der Waals surface area (Å²) in [4.78, 5) is 7.98. The quantitative estimate of drug-likeness (QED) is 0.160. The largest absolute Gasteiger partial charge is 0.454 e. The summed E-state index contributed by atoms with van der Waals surface area (Å²) in [6.45, 7) is 50.7. The minimum absolute atomic E-state index is 0.00524. The summed E-state index contributed by atoms with van der Waals surface area (Å²) >= 11 is 0. The van der Waals surface area contributed by atoms with Gasteiger partial charge in [0.1, 0.15) is 5.58 Å². The molecule has 0 unspecified atom stereocenters. The molecule has 0 radical (unpaired) electrons. The van der Waals surface area contributed by atoms with E-state index in [1.54, 1.807) is 0 Å². The van der Waals surface area contributed by atoms with Crippen molar-refractivity contribution in [1.82, 2.24) is 0 Å². The minimum Gasteiger partial charge on any atom is -0.454 e. The fourth-order valence-corrected chi connectivity index (χ4v) is 16.6. The first-order chi connectivity index (χ1) is 41.5. The maximum atomic E-state index is 7.46. The van der Waals surface area contributed by atoms with Gasteiger partial charge >= 0.3 is 0 Å². The van der Waals surface area contributed by atoms with Crippen LogP contribution in [0.15, 0.2) is 144 Å². The van der Waals surface area contributed by atoms with Gasteiger partial charge in [0.25, 0.3) is 6.71 Å². The minimum atomic E-state index is -0.0911. The van der Waals surface area contributed by atoms with Crippen molar-refractivity contribution in [1.29, 1.82) is 0 Å². The first-order valence-electron chi connectivity index (χ1n) is 33.7. The Balaban J connectivity index is 1.17. The highest BCUT2D eigenvalue weighted by Crippen LogP contribution is 2.56. The molecular formula is C84H98BN3O. The van der Waals surface area contributed by atoms with E-state index >= 15 is 0 Å². The summed E-state index contributed by atoms with van der Waals surface area (Å²) in [5, 5.41) is 2.28. The first-order valence-corrected chi connectivity index (χ1v) is 33.7. The second-order valence-electron chi connectivity index (χ2n) is 35.1. The van der Waals surface area contributed by atoms with Crippen LogP contribution in [0.25, 0.3) is 21.9 Å². The summed E-state index contributed by atoms with van der Waals surface area (Å²) in [5.74, 6) is 0. The summed E-state index contributed by atoms with van der Waals surface area (Å²) in [7, 11) is 0. The first kappa shape index (κ1) is 59.6. The number of para-hydroxylation sites is 1. The van der Waals surface area contributed by atoms with Crippen LogP contribution in [0.2, 0.25) is 0 Å². The SMILES string of the molecule is CC(C)(C)c1ccc(N(c2ccc(C(C)(C)C)cc2)c2cc3c4c(c2)N(c2cccc5c2oc2cc(C(C)(C)C)ccc25)c2cc5c(cc2B4c2cc4c(cc2N3c2ccc3c(c2)C(C)(C)CCC3(C)C)C(C)(C)CCC4(C)C)C(C)(C)CCC5(C)C)cc1. The van der Waals surface area contributed by atoms with Crippen molar-refractivity contribution in [3.8, 4) is 0 Å². The fraction of sp³-hybridized carbons (Fsp3) is 0.429. The highest BCUT2D eigenvalue weighted by atomic mass is 16.3. The van der Waals surface area contributed by atoms with Crippen LogP contribution in [-0.4, -0.2) is 6.71 Å². The molecule has 14 rings (SSSR count). The van der Waals surface area contributed by atoms with Gasteiger partial charge in [0.05, 0.1) is 11.4 Å². The van der Waals surface area contributed by atoms with Crippen molar-refractivity contribution in [2.24, 2.45) is 0 Å². The Labute approximate surface area is 534 Å². The average Bonchev–Trinajstić information content (AvgIpc) is 0.825. The molecule has 1 aromatic heterocycles. The number of hydrogen-bond acceptors (Lipinski definition) is 4. The van der Waals surface area contributed by atoms with Gasteiger partial charge in [-0.05, 0) is 227 Å². The van der Waals surface area contributed by atoms with Crippen molar-refractivity contribution >= 4 is 96.2 Å². The molecule has 458 valence electrons. The Morgan fingerprint density at radius 1 is 0.360 bits per heavy atom. The standard InChI is InChI=1S/C84H98BN3O/c1-76(2,3)51-25-30-54(31-26-51)86(55-32-27-52(28-33-55)77(4,5)6)57-45-71-74-72(46-57)88(68-24-22-23-59-58-35-29-53(78(7,8)9)43-73(58)89-75(59)68)70-50-65-63(82(16,17)40-42-84(65,20)21)48-67(70)85(74)66-47-62-64(83(18,19)41-39-81(62,14)15)49-69(66)87(71)56-34-36-60-61(44-56)80(12,13)38-37-79(60,10)11/h22-36,43-50H,37-42H2,1-21H3. The smallest absolute Gasteiger partial charge is 0.252 e. The lowest BCUT2D eigenvalue weighted by molar-refractivity contribution is 0.332. The number of furan rings is 1. The van der Waals surface area contributed by atoms with E-state index in [4.69, 9.17) is 4.42 Å². The van der Waals surface area contributed by atoms with E-state index in [0.29, 0.717) is 0 Å². The number of fused-ring (bicyclic) bond motifs is 10.